The molecule has 5 heteroatoms. The van der Waals surface area contributed by atoms with Gasteiger partial charge in [-0.2, -0.15) is 0 Å². The normalized spacial score (nSPS) is 18.9. The summed E-state index contributed by atoms with van der Waals surface area (Å²) in [5, 5.41) is 4.27. The number of aryl methyl sites for hydroxylation is 2. The molecule has 0 aliphatic carbocycles. The van der Waals surface area contributed by atoms with Crippen molar-refractivity contribution >= 4 is 16.9 Å². The maximum absolute atomic E-state index is 5.51. The lowest BCUT2D eigenvalue weighted by Crippen LogP contribution is -2.31. The fourth-order valence-electron chi connectivity index (χ4n) is 1.51. The van der Waals surface area contributed by atoms with E-state index in [0.29, 0.717) is 12.0 Å². The van der Waals surface area contributed by atoms with Crippen LogP contribution in [0.5, 0.6) is 0 Å². The van der Waals surface area contributed by atoms with Crippen molar-refractivity contribution in [3.63, 3.8) is 0 Å². The van der Waals surface area contributed by atoms with Gasteiger partial charge in [-0.15, -0.1) is 0 Å². The molecule has 2 heterocycles. The van der Waals surface area contributed by atoms with Crippen molar-refractivity contribution in [2.24, 2.45) is 10.4 Å². The number of aromatic nitrogens is 1. The van der Waals surface area contributed by atoms with Crippen molar-refractivity contribution in [3.05, 3.63) is 17.3 Å². The van der Waals surface area contributed by atoms with Crippen LogP contribution in [-0.4, -0.2) is 22.4 Å². The van der Waals surface area contributed by atoms with Gasteiger partial charge < -0.3 is 9.73 Å². The zero-order valence-electron chi connectivity index (χ0n) is 10.8. The summed E-state index contributed by atoms with van der Waals surface area (Å²) in [6.45, 7) is 9.86. The molecule has 0 radical (unpaired) electrons. The van der Waals surface area contributed by atoms with Crippen LogP contribution in [0.25, 0.3) is 0 Å². The molecule has 0 spiro atoms. The first-order valence-corrected chi connectivity index (χ1v) is 6.79. The lowest BCUT2D eigenvalue weighted by Gasteiger charge is -2.27. The van der Waals surface area contributed by atoms with Crippen LogP contribution in [0.2, 0.25) is 0 Å². The summed E-state index contributed by atoms with van der Waals surface area (Å²) >= 11 is 1.77. The highest BCUT2D eigenvalue weighted by Crippen LogP contribution is 2.27. The fourth-order valence-corrected chi connectivity index (χ4v) is 2.46. The molecule has 1 aliphatic heterocycles. The second kappa shape index (κ2) is 4.72. The summed E-state index contributed by atoms with van der Waals surface area (Å²) < 4.78 is 5.51. The number of hydrogen-bond acceptors (Lipinski definition) is 5. The van der Waals surface area contributed by atoms with Crippen molar-refractivity contribution in [1.29, 1.82) is 0 Å². The molecule has 0 amide bonds. The van der Waals surface area contributed by atoms with E-state index in [-0.39, 0.29) is 0 Å². The Bertz CT molecular complexity index is 417. The van der Waals surface area contributed by atoms with Crippen LogP contribution >= 0.6 is 11.8 Å². The third-order valence-electron chi connectivity index (χ3n) is 2.71. The molecule has 1 aromatic heterocycles. The summed E-state index contributed by atoms with van der Waals surface area (Å²) in [4.78, 5) is 8.86. The van der Waals surface area contributed by atoms with E-state index in [0.717, 1.165) is 34.8 Å². The Kier molecular flexibility index (Phi) is 3.47. The number of thioether (sulfide) groups is 1. The monoisotopic (exact) mass is 253 g/mol. The molecule has 0 saturated heterocycles. The van der Waals surface area contributed by atoms with Crippen molar-refractivity contribution in [2.45, 2.75) is 34.2 Å². The van der Waals surface area contributed by atoms with Gasteiger partial charge in [0.15, 0.2) is 5.17 Å². The van der Waals surface area contributed by atoms with Gasteiger partial charge in [0.2, 0.25) is 5.89 Å². The summed E-state index contributed by atoms with van der Waals surface area (Å²) in [5.74, 6) is 2.72. The maximum atomic E-state index is 5.51. The van der Waals surface area contributed by atoms with E-state index >= 15 is 0 Å². The van der Waals surface area contributed by atoms with Crippen molar-refractivity contribution in [3.8, 4) is 0 Å². The predicted molar refractivity (Wildman–Crippen MR) is 71.4 cm³/mol. The second-order valence-electron chi connectivity index (χ2n) is 5.18. The largest absolute Gasteiger partial charge is 0.444 e. The molecule has 4 nitrogen and oxygen atoms in total. The van der Waals surface area contributed by atoms with Gasteiger partial charge in [-0.05, 0) is 19.3 Å². The van der Waals surface area contributed by atoms with Crippen molar-refractivity contribution in [1.82, 2.24) is 10.3 Å². The highest BCUT2D eigenvalue weighted by atomic mass is 32.2. The molecule has 0 bridgehead atoms. The number of nitrogens with one attached hydrogen (secondary N) is 1. The molecule has 0 atom stereocenters. The first-order chi connectivity index (χ1) is 7.96. The molecule has 0 saturated carbocycles. The number of rotatable bonds is 2. The van der Waals surface area contributed by atoms with Gasteiger partial charge in [0, 0.05) is 12.3 Å². The van der Waals surface area contributed by atoms with E-state index in [1.54, 1.807) is 11.8 Å². The Hall–Kier alpha value is -0.970. The summed E-state index contributed by atoms with van der Waals surface area (Å²) in [7, 11) is 0. The average molecular weight is 253 g/mol. The van der Waals surface area contributed by atoms with Gasteiger partial charge >= 0.3 is 0 Å². The smallest absolute Gasteiger partial charge is 0.213 e. The molecule has 1 N–H and O–H groups in total. The molecule has 0 aromatic carbocycles. The first-order valence-electron chi connectivity index (χ1n) is 5.80. The van der Waals surface area contributed by atoms with Gasteiger partial charge in [0.1, 0.15) is 5.76 Å². The minimum atomic E-state index is 0.311. The summed E-state index contributed by atoms with van der Waals surface area (Å²) in [5.41, 5.74) is 1.27. The van der Waals surface area contributed by atoms with E-state index < -0.39 is 0 Å². The topological polar surface area (TPSA) is 50.4 Å². The lowest BCUT2D eigenvalue weighted by atomic mass is 9.97. The standard InChI is InChI=1S/C12H19N3OS/c1-8-9(2)16-10(15-8)5-13-11-14-6-12(3,4)7-17-11/h5-7H2,1-4H3,(H,13,14). The summed E-state index contributed by atoms with van der Waals surface area (Å²) in [6, 6.07) is 0. The quantitative estimate of drug-likeness (QED) is 0.880. The zero-order chi connectivity index (χ0) is 12.5. The van der Waals surface area contributed by atoms with Gasteiger partial charge in [0.25, 0.3) is 0 Å². The number of amidine groups is 1. The van der Waals surface area contributed by atoms with Crippen LogP contribution in [-0.2, 0) is 6.54 Å². The molecule has 17 heavy (non-hydrogen) atoms. The van der Waals surface area contributed by atoms with E-state index in [4.69, 9.17) is 4.42 Å². The summed E-state index contributed by atoms with van der Waals surface area (Å²) in [6.07, 6.45) is 0. The van der Waals surface area contributed by atoms with E-state index in [1.165, 1.54) is 0 Å². The van der Waals surface area contributed by atoms with Gasteiger partial charge in [-0.3, -0.25) is 4.99 Å². The molecule has 2 rings (SSSR count). The van der Waals surface area contributed by atoms with Crippen LogP contribution in [0.3, 0.4) is 0 Å². The fraction of sp³-hybridized carbons (Fsp3) is 0.667. The third-order valence-corrected chi connectivity index (χ3v) is 4.19. The Morgan fingerprint density at radius 2 is 2.18 bits per heavy atom. The average Bonchev–Trinajstić information content (AvgIpc) is 2.57. The van der Waals surface area contributed by atoms with E-state index in [9.17, 15) is 0 Å². The third kappa shape index (κ3) is 3.25. The van der Waals surface area contributed by atoms with E-state index in [1.807, 2.05) is 13.8 Å². The van der Waals surface area contributed by atoms with Crippen molar-refractivity contribution < 1.29 is 4.42 Å². The SMILES string of the molecule is Cc1nc(CNC2=NCC(C)(C)CS2)oc1C. The van der Waals surface area contributed by atoms with Gasteiger partial charge in [0.05, 0.1) is 12.2 Å². The number of oxazole rings is 1. The molecule has 94 valence electrons. The predicted octanol–water partition coefficient (Wildman–Crippen LogP) is 2.51. The first kappa shape index (κ1) is 12.5. The second-order valence-corrected chi connectivity index (χ2v) is 6.14. The minimum Gasteiger partial charge on any atom is -0.444 e. The number of nitrogens with zero attached hydrogens (tertiary/aromatic N) is 2. The minimum absolute atomic E-state index is 0.311. The van der Waals surface area contributed by atoms with Gasteiger partial charge in [-0.25, -0.2) is 4.98 Å². The molecule has 0 fully saturated rings. The van der Waals surface area contributed by atoms with Crippen LogP contribution < -0.4 is 5.32 Å². The molecular weight excluding hydrogens is 234 g/mol. The Labute approximate surface area is 106 Å². The molecule has 1 aliphatic rings. The Balaban J connectivity index is 1.89. The van der Waals surface area contributed by atoms with E-state index in [2.05, 4.69) is 29.1 Å². The van der Waals surface area contributed by atoms with Crippen LogP contribution in [0.1, 0.15) is 31.2 Å². The highest BCUT2D eigenvalue weighted by molar-refractivity contribution is 8.13. The van der Waals surface area contributed by atoms with Crippen LogP contribution in [0.4, 0.5) is 0 Å². The molecular formula is C12H19N3OS. The van der Waals surface area contributed by atoms with Crippen LogP contribution in [0, 0.1) is 19.3 Å². The number of aliphatic imine (C=N–C) groups is 1. The molecule has 0 unspecified atom stereocenters. The zero-order valence-corrected chi connectivity index (χ0v) is 11.6. The molecule has 1 aromatic rings. The Morgan fingerprint density at radius 3 is 2.71 bits per heavy atom. The van der Waals surface area contributed by atoms with Crippen LogP contribution in [0.15, 0.2) is 9.41 Å². The van der Waals surface area contributed by atoms with Gasteiger partial charge in [-0.1, -0.05) is 25.6 Å². The lowest BCUT2D eigenvalue weighted by molar-refractivity contribution is 0.435. The van der Waals surface area contributed by atoms with Crippen molar-refractivity contribution in [2.75, 3.05) is 12.3 Å². The highest BCUT2D eigenvalue weighted by Gasteiger charge is 2.23. The Morgan fingerprint density at radius 1 is 1.41 bits per heavy atom. The number of hydrogen-bond donors (Lipinski definition) is 1. The maximum Gasteiger partial charge on any atom is 0.213 e.